The van der Waals surface area contributed by atoms with Crippen molar-refractivity contribution in [2.24, 2.45) is 11.7 Å². The summed E-state index contributed by atoms with van der Waals surface area (Å²) in [5.41, 5.74) is 5.57. The Kier molecular flexibility index (Phi) is 4.14. The topological polar surface area (TPSA) is 70.3 Å². The van der Waals surface area contributed by atoms with Gasteiger partial charge >= 0.3 is 0 Å². The third-order valence-corrected chi connectivity index (χ3v) is 2.88. The van der Waals surface area contributed by atoms with Gasteiger partial charge in [0.2, 0.25) is 11.8 Å². The minimum absolute atomic E-state index is 0.248. The normalized spacial score (nSPS) is 22.9. The molecule has 0 radical (unpaired) electrons. The summed E-state index contributed by atoms with van der Waals surface area (Å²) in [6.45, 7) is 3.46. The molecule has 1 fully saturated rings. The van der Waals surface area contributed by atoms with Crippen LogP contribution in [0.15, 0.2) is 12.4 Å². The summed E-state index contributed by atoms with van der Waals surface area (Å²) in [6.07, 6.45) is 4.72. The maximum absolute atomic E-state index is 5.72. The van der Waals surface area contributed by atoms with E-state index in [4.69, 9.17) is 15.2 Å². The summed E-state index contributed by atoms with van der Waals surface area (Å²) < 4.78 is 11.1. The minimum Gasteiger partial charge on any atom is -0.478 e. The molecule has 5 nitrogen and oxygen atoms in total. The van der Waals surface area contributed by atoms with E-state index < -0.39 is 0 Å². The molecule has 0 aromatic carbocycles. The fourth-order valence-electron chi connectivity index (χ4n) is 1.81. The van der Waals surface area contributed by atoms with Gasteiger partial charge in [-0.25, -0.2) is 9.97 Å². The lowest BCUT2D eigenvalue weighted by Gasteiger charge is -2.33. The lowest BCUT2D eigenvalue weighted by Crippen LogP contribution is -2.37. The van der Waals surface area contributed by atoms with E-state index in [9.17, 15) is 0 Å². The van der Waals surface area contributed by atoms with E-state index >= 15 is 0 Å². The Morgan fingerprint density at radius 2 is 2.12 bits per heavy atom. The molecule has 94 valence electrons. The number of hydrogen-bond donors (Lipinski definition) is 1. The minimum atomic E-state index is 0.248. The highest BCUT2D eigenvalue weighted by atomic mass is 16.5. The Morgan fingerprint density at radius 1 is 1.35 bits per heavy atom. The Bertz CT molecular complexity index is 353. The van der Waals surface area contributed by atoms with Crippen molar-refractivity contribution in [3.8, 4) is 11.8 Å². The second kappa shape index (κ2) is 5.82. The van der Waals surface area contributed by atoms with Crippen molar-refractivity contribution in [2.75, 3.05) is 13.2 Å². The summed E-state index contributed by atoms with van der Waals surface area (Å²) in [4.78, 5) is 8.10. The zero-order valence-corrected chi connectivity index (χ0v) is 10.1. The Hall–Kier alpha value is -1.36. The highest BCUT2D eigenvalue weighted by Gasteiger charge is 2.29. The molecule has 1 aliphatic carbocycles. The van der Waals surface area contributed by atoms with Crippen LogP contribution in [0.25, 0.3) is 0 Å². The van der Waals surface area contributed by atoms with Gasteiger partial charge in [0, 0.05) is 0 Å². The van der Waals surface area contributed by atoms with Gasteiger partial charge in [0.25, 0.3) is 0 Å². The number of nitrogens with zero attached hydrogens (tertiary/aromatic N) is 2. The summed E-state index contributed by atoms with van der Waals surface area (Å²) in [5, 5.41) is 0. The molecule has 0 bridgehead atoms. The zero-order chi connectivity index (χ0) is 12.1. The van der Waals surface area contributed by atoms with Crippen LogP contribution in [0.5, 0.6) is 11.8 Å². The lowest BCUT2D eigenvalue weighted by molar-refractivity contribution is 0.0643. The first-order chi connectivity index (χ1) is 8.31. The molecular weight excluding hydrogens is 218 g/mol. The summed E-state index contributed by atoms with van der Waals surface area (Å²) >= 11 is 0. The van der Waals surface area contributed by atoms with E-state index in [0.29, 0.717) is 24.3 Å². The predicted molar refractivity (Wildman–Crippen MR) is 64.0 cm³/mol. The number of ether oxygens (including phenoxy) is 2. The first-order valence-corrected chi connectivity index (χ1v) is 6.13. The van der Waals surface area contributed by atoms with E-state index in [1.54, 1.807) is 6.07 Å². The lowest BCUT2D eigenvalue weighted by atomic mass is 9.82. The van der Waals surface area contributed by atoms with E-state index in [-0.39, 0.29) is 6.10 Å². The predicted octanol–water partition coefficient (Wildman–Crippen LogP) is 1.38. The Labute approximate surface area is 101 Å². The van der Waals surface area contributed by atoms with Crippen LogP contribution < -0.4 is 15.2 Å². The van der Waals surface area contributed by atoms with Gasteiger partial charge in [0.15, 0.2) is 0 Å². The van der Waals surface area contributed by atoms with Crippen LogP contribution in [-0.2, 0) is 0 Å². The maximum Gasteiger partial charge on any atom is 0.220 e. The van der Waals surface area contributed by atoms with E-state index in [2.05, 4.69) is 16.9 Å². The molecule has 1 heterocycles. The van der Waals surface area contributed by atoms with Crippen molar-refractivity contribution in [1.29, 1.82) is 0 Å². The molecule has 2 N–H and O–H groups in total. The SMILES string of the molecule is CCCOc1cc(OC2CC(CN)C2)ncn1. The van der Waals surface area contributed by atoms with Gasteiger partial charge in [-0.3, -0.25) is 0 Å². The van der Waals surface area contributed by atoms with Crippen LogP contribution in [0.2, 0.25) is 0 Å². The first-order valence-electron chi connectivity index (χ1n) is 6.13. The third-order valence-electron chi connectivity index (χ3n) is 2.88. The number of nitrogens with two attached hydrogens (primary N) is 1. The van der Waals surface area contributed by atoms with Crippen LogP contribution >= 0.6 is 0 Å². The fraction of sp³-hybridized carbons (Fsp3) is 0.667. The average Bonchev–Trinajstić information content (AvgIpc) is 2.31. The molecule has 1 aliphatic rings. The molecule has 0 atom stereocenters. The second-order valence-corrected chi connectivity index (χ2v) is 4.36. The zero-order valence-electron chi connectivity index (χ0n) is 10.1. The van der Waals surface area contributed by atoms with Crippen LogP contribution in [0.4, 0.5) is 0 Å². The van der Waals surface area contributed by atoms with Crippen LogP contribution in [0.3, 0.4) is 0 Å². The molecule has 1 saturated carbocycles. The first kappa shape index (κ1) is 12.1. The number of aromatic nitrogens is 2. The van der Waals surface area contributed by atoms with Crippen molar-refractivity contribution in [2.45, 2.75) is 32.3 Å². The monoisotopic (exact) mass is 237 g/mol. The standard InChI is InChI=1S/C12H19N3O2/c1-2-3-16-11-6-12(15-8-14-11)17-10-4-9(5-10)7-13/h6,8-10H,2-5,7,13H2,1H3. The van der Waals surface area contributed by atoms with Gasteiger partial charge < -0.3 is 15.2 Å². The average molecular weight is 237 g/mol. The molecule has 0 aliphatic heterocycles. The van der Waals surface area contributed by atoms with Crippen molar-refractivity contribution >= 4 is 0 Å². The molecule has 5 heteroatoms. The van der Waals surface area contributed by atoms with E-state index in [1.165, 1.54) is 6.33 Å². The van der Waals surface area contributed by atoms with E-state index in [1.807, 2.05) is 0 Å². The van der Waals surface area contributed by atoms with Crippen molar-refractivity contribution < 1.29 is 9.47 Å². The van der Waals surface area contributed by atoms with Gasteiger partial charge in [0.1, 0.15) is 12.4 Å². The number of hydrogen-bond acceptors (Lipinski definition) is 5. The Morgan fingerprint density at radius 3 is 2.82 bits per heavy atom. The molecule has 1 aromatic heterocycles. The largest absolute Gasteiger partial charge is 0.478 e. The molecule has 2 rings (SSSR count). The van der Waals surface area contributed by atoms with Crippen molar-refractivity contribution in [3.05, 3.63) is 12.4 Å². The second-order valence-electron chi connectivity index (χ2n) is 4.36. The molecule has 0 unspecified atom stereocenters. The van der Waals surface area contributed by atoms with Gasteiger partial charge in [-0.05, 0) is 31.7 Å². The highest BCUT2D eigenvalue weighted by molar-refractivity contribution is 5.18. The van der Waals surface area contributed by atoms with Crippen molar-refractivity contribution in [3.63, 3.8) is 0 Å². The van der Waals surface area contributed by atoms with Crippen LogP contribution in [-0.4, -0.2) is 29.2 Å². The Balaban J connectivity index is 1.84. The molecule has 1 aromatic rings. The maximum atomic E-state index is 5.72. The summed E-state index contributed by atoms with van der Waals surface area (Å²) in [5.74, 6) is 1.77. The van der Waals surface area contributed by atoms with Crippen LogP contribution in [0, 0.1) is 5.92 Å². The summed E-state index contributed by atoms with van der Waals surface area (Å²) in [7, 11) is 0. The molecule has 0 spiro atoms. The third kappa shape index (κ3) is 3.30. The van der Waals surface area contributed by atoms with E-state index in [0.717, 1.165) is 25.8 Å². The number of rotatable bonds is 6. The molecule has 17 heavy (non-hydrogen) atoms. The van der Waals surface area contributed by atoms with Crippen molar-refractivity contribution in [1.82, 2.24) is 9.97 Å². The summed E-state index contributed by atoms with van der Waals surface area (Å²) in [6, 6.07) is 1.74. The van der Waals surface area contributed by atoms with Crippen LogP contribution in [0.1, 0.15) is 26.2 Å². The van der Waals surface area contributed by atoms with Gasteiger partial charge in [0.05, 0.1) is 12.7 Å². The highest BCUT2D eigenvalue weighted by Crippen LogP contribution is 2.30. The smallest absolute Gasteiger partial charge is 0.220 e. The molecule has 0 saturated heterocycles. The molecular formula is C12H19N3O2. The van der Waals surface area contributed by atoms with Gasteiger partial charge in [-0.15, -0.1) is 0 Å². The van der Waals surface area contributed by atoms with Gasteiger partial charge in [-0.1, -0.05) is 6.92 Å². The quantitative estimate of drug-likeness (QED) is 0.809. The fourth-order valence-corrected chi connectivity index (χ4v) is 1.81. The molecule has 0 amide bonds. The van der Waals surface area contributed by atoms with Gasteiger partial charge in [-0.2, -0.15) is 0 Å².